The molecule has 7 nitrogen and oxygen atoms in total. The standard InChI is InChI=1S/C21H26ClF3N2O5S/c1-14-3-2-8-26(12-14)19(28)13-32-20(29)15-6-9-27(10-7-15)33(30,31)16-4-5-18(22)17(11-16)21(23,24)25/h4-5,11,14-15H,2-3,6-10,12-13H2,1H3/t14-/m0/s1. The molecular weight excluding hydrogens is 485 g/mol. The van der Waals surface area contributed by atoms with Crippen molar-refractivity contribution >= 4 is 33.5 Å². The van der Waals surface area contributed by atoms with Gasteiger partial charge in [-0.15, -0.1) is 0 Å². The molecule has 3 rings (SSSR count). The van der Waals surface area contributed by atoms with Crippen LogP contribution in [0.4, 0.5) is 13.2 Å². The second-order valence-electron chi connectivity index (χ2n) is 8.51. The molecule has 2 saturated heterocycles. The Balaban J connectivity index is 1.55. The van der Waals surface area contributed by atoms with Gasteiger partial charge in [0.2, 0.25) is 10.0 Å². The van der Waals surface area contributed by atoms with E-state index in [1.165, 1.54) is 0 Å². The van der Waals surface area contributed by atoms with Gasteiger partial charge in [0, 0.05) is 26.2 Å². The summed E-state index contributed by atoms with van der Waals surface area (Å²) in [6, 6.07) is 2.45. The predicted molar refractivity (Wildman–Crippen MR) is 114 cm³/mol. The highest BCUT2D eigenvalue weighted by molar-refractivity contribution is 7.89. The summed E-state index contributed by atoms with van der Waals surface area (Å²) in [6.45, 7) is 2.87. The monoisotopic (exact) mass is 510 g/mol. The van der Waals surface area contributed by atoms with Gasteiger partial charge in [-0.1, -0.05) is 18.5 Å². The number of hydrogen-bond donors (Lipinski definition) is 0. The van der Waals surface area contributed by atoms with Gasteiger partial charge >= 0.3 is 12.1 Å². The normalized spacial score (nSPS) is 21.1. The molecule has 0 unspecified atom stereocenters. The lowest BCUT2D eigenvalue weighted by molar-refractivity contribution is -0.157. The maximum absolute atomic E-state index is 13.1. The average Bonchev–Trinajstić information content (AvgIpc) is 2.76. The number of alkyl halides is 3. The largest absolute Gasteiger partial charge is 0.455 e. The minimum atomic E-state index is -4.79. The summed E-state index contributed by atoms with van der Waals surface area (Å²) in [5.41, 5.74) is -1.23. The summed E-state index contributed by atoms with van der Waals surface area (Å²) >= 11 is 5.57. The third-order valence-corrected chi connectivity index (χ3v) is 8.24. The fourth-order valence-electron chi connectivity index (χ4n) is 4.12. The Labute approximate surface area is 195 Å². The van der Waals surface area contributed by atoms with Crippen LogP contribution >= 0.6 is 11.6 Å². The molecule has 0 bridgehead atoms. The highest BCUT2D eigenvalue weighted by atomic mass is 35.5. The Bertz CT molecular complexity index is 994. The molecule has 1 aromatic rings. The minimum absolute atomic E-state index is 0.0519. The van der Waals surface area contributed by atoms with Crippen molar-refractivity contribution < 1.29 is 35.9 Å². The third kappa shape index (κ3) is 6.19. The van der Waals surface area contributed by atoms with E-state index in [1.807, 2.05) is 0 Å². The van der Waals surface area contributed by atoms with Gasteiger partial charge in [-0.2, -0.15) is 17.5 Å². The van der Waals surface area contributed by atoms with Crippen LogP contribution in [0.3, 0.4) is 0 Å². The summed E-state index contributed by atoms with van der Waals surface area (Å²) in [7, 11) is -4.19. The fraction of sp³-hybridized carbons (Fsp3) is 0.619. The molecule has 0 radical (unpaired) electrons. The summed E-state index contributed by atoms with van der Waals surface area (Å²) in [5.74, 6) is -1.01. The second kappa shape index (κ2) is 10.2. The molecule has 1 amide bonds. The Kier molecular flexibility index (Phi) is 7.95. The second-order valence-corrected chi connectivity index (χ2v) is 10.9. The van der Waals surface area contributed by atoms with Gasteiger partial charge in [0.05, 0.1) is 21.4 Å². The predicted octanol–water partition coefficient (Wildman–Crippen LogP) is 3.56. The Hall–Kier alpha value is -1.85. The zero-order chi connectivity index (χ0) is 24.4. The Morgan fingerprint density at radius 3 is 2.42 bits per heavy atom. The van der Waals surface area contributed by atoms with Gasteiger partial charge in [-0.25, -0.2) is 8.42 Å². The van der Waals surface area contributed by atoms with Crippen LogP contribution in [0.5, 0.6) is 0 Å². The number of carbonyl (C=O) groups is 2. The van der Waals surface area contributed by atoms with Crippen molar-refractivity contribution in [3.05, 3.63) is 28.8 Å². The average molecular weight is 511 g/mol. The molecule has 2 fully saturated rings. The van der Waals surface area contributed by atoms with Gasteiger partial charge < -0.3 is 9.64 Å². The SMILES string of the molecule is C[C@H]1CCCN(C(=O)COC(=O)C2CCN(S(=O)(=O)c3ccc(Cl)c(C(F)(F)F)c3)CC2)C1. The van der Waals surface area contributed by atoms with E-state index in [0.29, 0.717) is 25.1 Å². The number of piperidine rings is 2. The van der Waals surface area contributed by atoms with Crippen molar-refractivity contribution in [1.82, 2.24) is 9.21 Å². The van der Waals surface area contributed by atoms with E-state index in [1.54, 1.807) is 4.90 Å². The van der Waals surface area contributed by atoms with Gasteiger partial charge in [0.1, 0.15) is 0 Å². The van der Waals surface area contributed by atoms with Crippen molar-refractivity contribution in [3.63, 3.8) is 0 Å². The minimum Gasteiger partial charge on any atom is -0.455 e. The molecule has 0 spiro atoms. The number of amides is 1. The lowest BCUT2D eigenvalue weighted by Crippen LogP contribution is -2.43. The van der Waals surface area contributed by atoms with E-state index in [4.69, 9.17) is 16.3 Å². The van der Waals surface area contributed by atoms with E-state index < -0.39 is 43.6 Å². The van der Waals surface area contributed by atoms with Crippen LogP contribution in [-0.4, -0.2) is 62.3 Å². The first kappa shape index (κ1) is 25.8. The number of benzene rings is 1. The maximum Gasteiger partial charge on any atom is 0.417 e. The topological polar surface area (TPSA) is 84.0 Å². The number of esters is 1. The molecule has 2 heterocycles. The van der Waals surface area contributed by atoms with Crippen LogP contribution in [0, 0.1) is 11.8 Å². The van der Waals surface area contributed by atoms with E-state index in [2.05, 4.69) is 6.92 Å². The number of halogens is 4. The van der Waals surface area contributed by atoms with Gasteiger partial charge in [0.15, 0.2) is 6.61 Å². The summed E-state index contributed by atoms with van der Waals surface area (Å²) in [4.78, 5) is 25.8. The molecule has 2 aliphatic heterocycles. The quantitative estimate of drug-likeness (QED) is 0.566. The molecule has 12 heteroatoms. The molecule has 1 atom stereocenters. The maximum atomic E-state index is 13.1. The first-order chi connectivity index (χ1) is 15.4. The third-order valence-electron chi connectivity index (χ3n) is 6.02. The van der Waals surface area contributed by atoms with Crippen molar-refractivity contribution in [2.45, 2.75) is 43.7 Å². The number of sulfonamides is 1. The number of ether oxygens (including phenoxy) is 1. The molecule has 184 valence electrons. The number of likely N-dealkylation sites (tertiary alicyclic amines) is 1. The molecule has 0 saturated carbocycles. The number of rotatable bonds is 5. The lowest BCUT2D eigenvalue weighted by atomic mass is 9.98. The molecule has 0 aliphatic carbocycles. The van der Waals surface area contributed by atoms with Crippen LogP contribution < -0.4 is 0 Å². The van der Waals surface area contributed by atoms with Crippen LogP contribution in [0.1, 0.15) is 38.2 Å². The molecule has 1 aromatic carbocycles. The number of nitrogens with zero attached hydrogens (tertiary/aromatic N) is 2. The van der Waals surface area contributed by atoms with Crippen molar-refractivity contribution in [1.29, 1.82) is 0 Å². The lowest BCUT2D eigenvalue weighted by Gasteiger charge is -2.32. The van der Waals surface area contributed by atoms with Crippen LogP contribution in [0.25, 0.3) is 0 Å². The summed E-state index contributed by atoms with van der Waals surface area (Å²) < 4.78 is 71.1. The van der Waals surface area contributed by atoms with Crippen LogP contribution in [0.2, 0.25) is 5.02 Å². The van der Waals surface area contributed by atoms with Gasteiger partial charge in [-0.3, -0.25) is 9.59 Å². The fourth-order valence-corrected chi connectivity index (χ4v) is 5.84. The van der Waals surface area contributed by atoms with Crippen LogP contribution in [-0.2, 0) is 30.5 Å². The number of carbonyl (C=O) groups excluding carboxylic acids is 2. The van der Waals surface area contributed by atoms with Crippen molar-refractivity contribution in [3.8, 4) is 0 Å². The Morgan fingerprint density at radius 2 is 1.82 bits per heavy atom. The van der Waals surface area contributed by atoms with Gasteiger partial charge in [-0.05, 0) is 49.8 Å². The molecule has 2 aliphatic rings. The van der Waals surface area contributed by atoms with E-state index >= 15 is 0 Å². The van der Waals surface area contributed by atoms with Gasteiger partial charge in [0.25, 0.3) is 5.91 Å². The zero-order valence-electron chi connectivity index (χ0n) is 18.1. The Morgan fingerprint density at radius 1 is 1.15 bits per heavy atom. The molecule has 33 heavy (non-hydrogen) atoms. The number of hydrogen-bond acceptors (Lipinski definition) is 5. The highest BCUT2D eigenvalue weighted by Gasteiger charge is 2.37. The molecule has 0 aromatic heterocycles. The van der Waals surface area contributed by atoms with E-state index in [0.717, 1.165) is 29.3 Å². The highest BCUT2D eigenvalue weighted by Crippen LogP contribution is 2.36. The smallest absolute Gasteiger partial charge is 0.417 e. The van der Waals surface area contributed by atoms with Crippen molar-refractivity contribution in [2.75, 3.05) is 32.8 Å². The molecular formula is C21H26ClF3N2O5S. The van der Waals surface area contributed by atoms with E-state index in [9.17, 15) is 31.2 Å². The summed E-state index contributed by atoms with van der Waals surface area (Å²) in [6.07, 6.45) is -2.53. The zero-order valence-corrected chi connectivity index (χ0v) is 19.7. The summed E-state index contributed by atoms with van der Waals surface area (Å²) in [5, 5.41) is -0.587. The first-order valence-electron chi connectivity index (χ1n) is 10.7. The van der Waals surface area contributed by atoms with Crippen LogP contribution in [0.15, 0.2) is 23.1 Å². The van der Waals surface area contributed by atoms with E-state index in [-0.39, 0.29) is 38.4 Å². The van der Waals surface area contributed by atoms with Crippen molar-refractivity contribution in [2.24, 2.45) is 11.8 Å². The first-order valence-corrected chi connectivity index (χ1v) is 12.5. The molecule has 0 N–H and O–H groups in total.